The van der Waals surface area contributed by atoms with Gasteiger partial charge in [0, 0.05) is 44.0 Å². The summed E-state index contributed by atoms with van der Waals surface area (Å²) in [6.45, 7) is 4.32. The third-order valence-electron chi connectivity index (χ3n) is 6.36. The standard InChI is InChI=1S/C29H27F4N5O2/c1-2-40-36-24-12-13-37(19-24)14-15-38(28(39)35-23-8-11-27(30)26(17-23)29(31,32)33)25-9-6-21(7-10-25)22-5-3-4-20(16-22)18-34/h3-11,16-17H,2,12-15,19H2,1H3,(H,35,39). The van der Waals surface area contributed by atoms with Crippen molar-refractivity contribution in [3.8, 4) is 17.2 Å². The second kappa shape index (κ2) is 12.6. The lowest BCUT2D eigenvalue weighted by molar-refractivity contribution is -0.139. The number of likely N-dealkylation sites (tertiary alicyclic amines) is 1. The maximum atomic E-state index is 13.8. The number of anilines is 2. The van der Waals surface area contributed by atoms with Gasteiger partial charge in [0.2, 0.25) is 0 Å². The zero-order valence-electron chi connectivity index (χ0n) is 21.7. The first-order valence-corrected chi connectivity index (χ1v) is 12.6. The summed E-state index contributed by atoms with van der Waals surface area (Å²) in [5.74, 6) is -1.42. The maximum absolute atomic E-state index is 13.8. The quantitative estimate of drug-likeness (QED) is 0.254. The molecule has 3 aromatic carbocycles. The van der Waals surface area contributed by atoms with Gasteiger partial charge in [0.05, 0.1) is 22.9 Å². The van der Waals surface area contributed by atoms with Crippen LogP contribution in [-0.4, -0.2) is 49.4 Å². The zero-order chi connectivity index (χ0) is 28.7. The summed E-state index contributed by atoms with van der Waals surface area (Å²) in [7, 11) is 0. The van der Waals surface area contributed by atoms with Gasteiger partial charge >= 0.3 is 12.2 Å². The van der Waals surface area contributed by atoms with Crippen LogP contribution in [0.25, 0.3) is 11.1 Å². The SMILES string of the molecule is CCON=C1CCN(CCN(C(=O)Nc2ccc(F)c(C(F)(F)F)c2)c2ccc(-c3cccc(C#N)c3)cc2)C1. The number of benzene rings is 3. The largest absolute Gasteiger partial charge is 0.419 e. The minimum absolute atomic E-state index is 0.180. The van der Waals surface area contributed by atoms with Gasteiger partial charge in [-0.1, -0.05) is 29.4 Å². The molecule has 1 heterocycles. The van der Waals surface area contributed by atoms with Gasteiger partial charge in [0.1, 0.15) is 12.4 Å². The Morgan fingerprint density at radius 2 is 1.90 bits per heavy atom. The number of carbonyl (C=O) groups is 1. The number of nitrogens with one attached hydrogen (secondary N) is 1. The Hall–Kier alpha value is -4.43. The van der Waals surface area contributed by atoms with Gasteiger partial charge < -0.3 is 10.2 Å². The molecule has 4 rings (SSSR count). The molecule has 0 aromatic heterocycles. The van der Waals surface area contributed by atoms with E-state index in [0.717, 1.165) is 35.9 Å². The first-order valence-electron chi connectivity index (χ1n) is 12.6. The molecule has 208 valence electrons. The van der Waals surface area contributed by atoms with E-state index in [-0.39, 0.29) is 12.2 Å². The van der Waals surface area contributed by atoms with E-state index in [4.69, 9.17) is 4.84 Å². The van der Waals surface area contributed by atoms with Gasteiger partial charge in [-0.25, -0.2) is 9.18 Å². The third kappa shape index (κ3) is 7.15. The summed E-state index contributed by atoms with van der Waals surface area (Å²) in [5, 5.41) is 15.8. The van der Waals surface area contributed by atoms with Gasteiger partial charge in [0.25, 0.3) is 0 Å². The Balaban J connectivity index is 1.56. The van der Waals surface area contributed by atoms with Crippen LogP contribution in [-0.2, 0) is 11.0 Å². The third-order valence-corrected chi connectivity index (χ3v) is 6.36. The Morgan fingerprint density at radius 3 is 2.60 bits per heavy atom. The molecule has 0 saturated carbocycles. The van der Waals surface area contributed by atoms with Crippen LogP contribution in [0.4, 0.5) is 33.7 Å². The summed E-state index contributed by atoms with van der Waals surface area (Å²) in [6.07, 6.45) is -4.17. The van der Waals surface area contributed by atoms with Gasteiger partial charge in [-0.15, -0.1) is 0 Å². The van der Waals surface area contributed by atoms with Gasteiger partial charge in [-0.3, -0.25) is 9.80 Å². The smallest absolute Gasteiger partial charge is 0.396 e. The number of amides is 2. The maximum Gasteiger partial charge on any atom is 0.419 e. The van der Waals surface area contributed by atoms with Crippen molar-refractivity contribution >= 4 is 23.1 Å². The number of hydrogen-bond acceptors (Lipinski definition) is 5. The molecular formula is C29H27F4N5O2. The number of carbonyl (C=O) groups excluding carboxylic acids is 1. The number of halogens is 4. The van der Waals surface area contributed by atoms with Crippen molar-refractivity contribution < 1.29 is 27.2 Å². The lowest BCUT2D eigenvalue weighted by Gasteiger charge is -2.26. The van der Waals surface area contributed by atoms with Gasteiger partial charge in [-0.2, -0.15) is 18.4 Å². The van der Waals surface area contributed by atoms with E-state index in [1.165, 1.54) is 4.90 Å². The highest BCUT2D eigenvalue weighted by molar-refractivity contribution is 6.02. The molecule has 0 unspecified atom stereocenters. The van der Waals surface area contributed by atoms with E-state index < -0.39 is 23.6 Å². The molecule has 2 amide bonds. The first-order chi connectivity index (χ1) is 19.2. The number of hydrogen-bond donors (Lipinski definition) is 1. The molecule has 3 aromatic rings. The molecule has 40 heavy (non-hydrogen) atoms. The molecule has 0 spiro atoms. The predicted molar refractivity (Wildman–Crippen MR) is 144 cm³/mol. The van der Waals surface area contributed by atoms with E-state index in [2.05, 4.69) is 21.4 Å². The van der Waals surface area contributed by atoms with Crippen LogP contribution < -0.4 is 10.2 Å². The topological polar surface area (TPSA) is 81.0 Å². The minimum atomic E-state index is -4.90. The average molecular weight is 554 g/mol. The number of nitriles is 1. The van der Waals surface area contributed by atoms with E-state index >= 15 is 0 Å². The van der Waals surface area contributed by atoms with Crippen LogP contribution in [0, 0.1) is 17.1 Å². The monoisotopic (exact) mass is 553 g/mol. The highest BCUT2D eigenvalue weighted by Gasteiger charge is 2.34. The first kappa shape index (κ1) is 28.6. The highest BCUT2D eigenvalue weighted by atomic mass is 19.4. The van der Waals surface area contributed by atoms with Crippen LogP contribution in [0.2, 0.25) is 0 Å². The van der Waals surface area contributed by atoms with Crippen LogP contribution >= 0.6 is 0 Å². The van der Waals surface area contributed by atoms with Crippen LogP contribution in [0.1, 0.15) is 24.5 Å². The Bertz CT molecular complexity index is 1420. The van der Waals surface area contributed by atoms with Crippen LogP contribution in [0.15, 0.2) is 71.9 Å². The van der Waals surface area contributed by atoms with Crippen molar-refractivity contribution in [1.82, 2.24) is 4.90 Å². The average Bonchev–Trinajstić information content (AvgIpc) is 3.40. The van der Waals surface area contributed by atoms with Crippen molar-refractivity contribution in [3.63, 3.8) is 0 Å². The Labute approximate surface area is 229 Å². The second-order valence-corrected chi connectivity index (χ2v) is 9.12. The number of rotatable bonds is 8. The molecule has 0 radical (unpaired) electrons. The highest BCUT2D eigenvalue weighted by Crippen LogP contribution is 2.33. The molecule has 0 aliphatic carbocycles. The summed E-state index contributed by atoms with van der Waals surface area (Å²) in [5.41, 5.74) is 1.93. The van der Waals surface area contributed by atoms with Gasteiger partial charge in [0.15, 0.2) is 0 Å². The Morgan fingerprint density at radius 1 is 1.12 bits per heavy atom. The minimum Gasteiger partial charge on any atom is -0.396 e. The van der Waals surface area contributed by atoms with E-state index in [1.807, 2.05) is 13.0 Å². The fraction of sp³-hybridized carbons (Fsp3) is 0.276. The second-order valence-electron chi connectivity index (χ2n) is 9.12. The van der Waals surface area contributed by atoms with Crippen molar-refractivity contribution in [2.45, 2.75) is 19.5 Å². The fourth-order valence-corrected chi connectivity index (χ4v) is 4.33. The normalized spacial score (nSPS) is 14.7. The molecule has 0 bridgehead atoms. The number of alkyl halides is 3. The van der Waals surface area contributed by atoms with Crippen LogP contribution in [0.5, 0.6) is 0 Å². The molecule has 0 atom stereocenters. The molecule has 1 aliphatic heterocycles. The van der Waals surface area contributed by atoms with E-state index in [0.29, 0.717) is 43.1 Å². The molecule has 1 N–H and O–H groups in total. The molecule has 7 nitrogen and oxygen atoms in total. The van der Waals surface area contributed by atoms with E-state index in [9.17, 15) is 27.6 Å². The number of nitrogens with zero attached hydrogens (tertiary/aromatic N) is 4. The van der Waals surface area contributed by atoms with Crippen molar-refractivity contribution in [1.29, 1.82) is 5.26 Å². The van der Waals surface area contributed by atoms with Gasteiger partial charge in [-0.05, 0) is 60.5 Å². The molecule has 11 heteroatoms. The Kier molecular flexibility index (Phi) is 9.01. The summed E-state index contributed by atoms with van der Waals surface area (Å²) in [6, 6.07) is 17.9. The summed E-state index contributed by atoms with van der Waals surface area (Å²) in [4.78, 5) is 22.0. The number of urea groups is 1. The molecular weight excluding hydrogens is 526 g/mol. The fourth-order valence-electron chi connectivity index (χ4n) is 4.33. The summed E-state index contributed by atoms with van der Waals surface area (Å²) < 4.78 is 53.4. The lowest BCUT2D eigenvalue weighted by Crippen LogP contribution is -2.40. The molecule has 1 saturated heterocycles. The van der Waals surface area contributed by atoms with Crippen molar-refractivity contribution in [2.75, 3.05) is 43.0 Å². The zero-order valence-corrected chi connectivity index (χ0v) is 21.7. The van der Waals surface area contributed by atoms with Crippen molar-refractivity contribution in [3.05, 3.63) is 83.7 Å². The van der Waals surface area contributed by atoms with Crippen LogP contribution in [0.3, 0.4) is 0 Å². The van der Waals surface area contributed by atoms with E-state index in [1.54, 1.807) is 42.5 Å². The predicted octanol–water partition coefficient (Wildman–Crippen LogP) is 6.52. The molecule has 1 aliphatic rings. The molecule has 1 fully saturated rings. The summed E-state index contributed by atoms with van der Waals surface area (Å²) >= 11 is 0. The number of oxime groups is 1. The van der Waals surface area contributed by atoms with Crippen molar-refractivity contribution in [2.24, 2.45) is 5.16 Å². The lowest BCUT2D eigenvalue weighted by atomic mass is 10.0.